The number of halogens is 1. The minimum absolute atomic E-state index is 0.0136. The molecule has 1 unspecified atom stereocenters. The highest BCUT2D eigenvalue weighted by Crippen LogP contribution is 2.47. The normalized spacial score (nSPS) is 26.2. The van der Waals surface area contributed by atoms with Crippen LogP contribution in [-0.4, -0.2) is 42.9 Å². The molecule has 1 aliphatic heterocycles. The van der Waals surface area contributed by atoms with E-state index in [0.29, 0.717) is 6.54 Å². The van der Waals surface area contributed by atoms with Crippen LogP contribution in [0.25, 0.3) is 0 Å². The first-order valence-corrected chi connectivity index (χ1v) is 9.09. The zero-order valence-corrected chi connectivity index (χ0v) is 14.4. The van der Waals surface area contributed by atoms with E-state index >= 15 is 0 Å². The number of likely N-dealkylation sites (tertiary alicyclic amines) is 1. The van der Waals surface area contributed by atoms with Crippen molar-refractivity contribution < 1.29 is 14.0 Å². The SMILES string of the molecule is NC(=O)C1CCCN(CCCNC(=O)[C@@H]2C[C@H]2c2ccc(F)cc2)C1. The van der Waals surface area contributed by atoms with Crippen LogP contribution in [0.1, 0.15) is 37.2 Å². The maximum atomic E-state index is 12.9. The molecular formula is C19H26FN3O2. The van der Waals surface area contributed by atoms with Crippen molar-refractivity contribution in [1.29, 1.82) is 0 Å². The van der Waals surface area contributed by atoms with Gasteiger partial charge in [-0.1, -0.05) is 12.1 Å². The van der Waals surface area contributed by atoms with Crippen molar-refractivity contribution in [2.75, 3.05) is 26.2 Å². The highest BCUT2D eigenvalue weighted by atomic mass is 19.1. The lowest BCUT2D eigenvalue weighted by Gasteiger charge is -2.31. The van der Waals surface area contributed by atoms with E-state index in [0.717, 1.165) is 50.9 Å². The summed E-state index contributed by atoms with van der Waals surface area (Å²) in [5, 5.41) is 3.00. The average Bonchev–Trinajstić information content (AvgIpc) is 3.40. The fraction of sp³-hybridized carbons (Fsp3) is 0.579. The van der Waals surface area contributed by atoms with E-state index in [4.69, 9.17) is 5.73 Å². The van der Waals surface area contributed by atoms with Gasteiger partial charge in [-0.2, -0.15) is 0 Å². The second kappa shape index (κ2) is 7.95. The van der Waals surface area contributed by atoms with E-state index in [1.807, 2.05) is 0 Å². The summed E-state index contributed by atoms with van der Waals surface area (Å²) in [7, 11) is 0. The Labute approximate surface area is 147 Å². The van der Waals surface area contributed by atoms with Crippen LogP contribution in [0.15, 0.2) is 24.3 Å². The molecule has 0 radical (unpaired) electrons. The second-order valence-corrected chi connectivity index (χ2v) is 7.19. The Bertz CT molecular complexity index is 620. The van der Waals surface area contributed by atoms with Crippen LogP contribution >= 0.6 is 0 Å². The summed E-state index contributed by atoms with van der Waals surface area (Å²) in [5.74, 6) is -0.173. The van der Waals surface area contributed by atoms with Crippen LogP contribution in [0.5, 0.6) is 0 Å². The predicted octanol–water partition coefficient (Wildman–Crippen LogP) is 1.63. The molecule has 1 aromatic rings. The molecule has 25 heavy (non-hydrogen) atoms. The number of carbonyl (C=O) groups excluding carboxylic acids is 2. The largest absolute Gasteiger partial charge is 0.369 e. The van der Waals surface area contributed by atoms with Crippen molar-refractivity contribution in [3.8, 4) is 0 Å². The van der Waals surface area contributed by atoms with Gasteiger partial charge in [0.05, 0.1) is 5.92 Å². The lowest BCUT2D eigenvalue weighted by molar-refractivity contribution is -0.123. The Kier molecular flexibility index (Phi) is 5.68. The molecular weight excluding hydrogens is 321 g/mol. The van der Waals surface area contributed by atoms with E-state index in [1.54, 1.807) is 12.1 Å². The van der Waals surface area contributed by atoms with Crippen LogP contribution < -0.4 is 11.1 Å². The molecule has 2 fully saturated rings. The summed E-state index contributed by atoms with van der Waals surface area (Å²) < 4.78 is 12.9. The Morgan fingerprint density at radius 1 is 1.28 bits per heavy atom. The standard InChI is InChI=1S/C19H26FN3O2/c20-15-6-4-13(5-7-15)16-11-17(16)19(25)22-8-2-10-23-9-1-3-14(12-23)18(21)24/h4-7,14,16-17H,1-3,8-12H2,(H2,21,24)(H,22,25)/t14?,16-,17+/m0/s1. The van der Waals surface area contributed by atoms with Gasteiger partial charge < -0.3 is 16.0 Å². The molecule has 5 nitrogen and oxygen atoms in total. The maximum Gasteiger partial charge on any atom is 0.223 e. The van der Waals surface area contributed by atoms with Gasteiger partial charge in [-0.05, 0) is 62.4 Å². The molecule has 3 rings (SSSR count). The monoisotopic (exact) mass is 347 g/mol. The molecule has 1 saturated carbocycles. The van der Waals surface area contributed by atoms with Gasteiger partial charge in [-0.25, -0.2) is 4.39 Å². The zero-order valence-electron chi connectivity index (χ0n) is 14.4. The number of hydrogen-bond donors (Lipinski definition) is 2. The van der Waals surface area contributed by atoms with Gasteiger partial charge in [0.25, 0.3) is 0 Å². The van der Waals surface area contributed by atoms with Gasteiger partial charge in [0.2, 0.25) is 11.8 Å². The van der Waals surface area contributed by atoms with Crippen LogP contribution in [0, 0.1) is 17.7 Å². The first kappa shape index (κ1) is 17.9. The number of carbonyl (C=O) groups is 2. The quantitative estimate of drug-likeness (QED) is 0.736. The van der Waals surface area contributed by atoms with Crippen LogP contribution in [0.3, 0.4) is 0 Å². The number of primary amides is 1. The Morgan fingerprint density at radius 2 is 2.04 bits per heavy atom. The third-order valence-electron chi connectivity index (χ3n) is 5.28. The topological polar surface area (TPSA) is 75.4 Å². The summed E-state index contributed by atoms with van der Waals surface area (Å²) in [4.78, 5) is 25.7. The maximum absolute atomic E-state index is 12.9. The van der Waals surface area contributed by atoms with Crippen molar-refractivity contribution in [1.82, 2.24) is 10.2 Å². The van der Waals surface area contributed by atoms with E-state index in [9.17, 15) is 14.0 Å². The van der Waals surface area contributed by atoms with Crippen molar-refractivity contribution in [3.63, 3.8) is 0 Å². The molecule has 136 valence electrons. The number of benzene rings is 1. The number of nitrogens with one attached hydrogen (secondary N) is 1. The lowest BCUT2D eigenvalue weighted by atomic mass is 9.97. The molecule has 0 bridgehead atoms. The van der Waals surface area contributed by atoms with Gasteiger partial charge in [-0.3, -0.25) is 9.59 Å². The smallest absolute Gasteiger partial charge is 0.223 e. The Balaban J connectivity index is 1.34. The summed E-state index contributed by atoms with van der Waals surface area (Å²) >= 11 is 0. The first-order chi connectivity index (χ1) is 12.0. The number of amides is 2. The van der Waals surface area contributed by atoms with E-state index in [-0.39, 0.29) is 35.4 Å². The van der Waals surface area contributed by atoms with Crippen molar-refractivity contribution in [3.05, 3.63) is 35.6 Å². The molecule has 1 saturated heterocycles. The molecule has 3 N–H and O–H groups in total. The number of rotatable bonds is 7. The summed E-state index contributed by atoms with van der Waals surface area (Å²) in [5.41, 5.74) is 6.42. The van der Waals surface area contributed by atoms with Gasteiger partial charge in [0.1, 0.15) is 5.82 Å². The minimum Gasteiger partial charge on any atom is -0.369 e. The molecule has 6 heteroatoms. The van der Waals surface area contributed by atoms with Gasteiger partial charge in [-0.15, -0.1) is 0 Å². The highest BCUT2D eigenvalue weighted by Gasteiger charge is 2.43. The van der Waals surface area contributed by atoms with E-state index in [2.05, 4.69) is 10.2 Å². The van der Waals surface area contributed by atoms with Gasteiger partial charge in [0, 0.05) is 19.0 Å². The molecule has 2 aliphatic rings. The fourth-order valence-electron chi connectivity index (χ4n) is 3.70. The third-order valence-corrected chi connectivity index (χ3v) is 5.28. The lowest BCUT2D eigenvalue weighted by Crippen LogP contribution is -2.42. The average molecular weight is 347 g/mol. The molecule has 1 heterocycles. The molecule has 0 spiro atoms. The van der Waals surface area contributed by atoms with Gasteiger partial charge >= 0.3 is 0 Å². The zero-order chi connectivity index (χ0) is 17.8. The van der Waals surface area contributed by atoms with Crippen LogP contribution in [0.2, 0.25) is 0 Å². The van der Waals surface area contributed by atoms with E-state index in [1.165, 1.54) is 12.1 Å². The Morgan fingerprint density at radius 3 is 2.76 bits per heavy atom. The Hall–Kier alpha value is -1.95. The molecule has 1 aliphatic carbocycles. The summed E-state index contributed by atoms with van der Waals surface area (Å²) in [6.07, 6.45) is 3.59. The third kappa shape index (κ3) is 4.78. The second-order valence-electron chi connectivity index (χ2n) is 7.19. The number of nitrogens with zero attached hydrogens (tertiary/aromatic N) is 1. The van der Waals surface area contributed by atoms with Gasteiger partial charge in [0.15, 0.2) is 0 Å². The fourth-order valence-corrected chi connectivity index (χ4v) is 3.70. The van der Waals surface area contributed by atoms with E-state index < -0.39 is 0 Å². The predicted molar refractivity (Wildman–Crippen MR) is 93.2 cm³/mol. The minimum atomic E-state index is -0.248. The first-order valence-electron chi connectivity index (χ1n) is 9.09. The van der Waals surface area contributed by atoms with Crippen molar-refractivity contribution >= 4 is 11.8 Å². The number of nitrogens with two attached hydrogens (primary N) is 1. The molecule has 2 amide bonds. The highest BCUT2D eigenvalue weighted by molar-refractivity contribution is 5.82. The number of piperidine rings is 1. The van der Waals surface area contributed by atoms with Crippen LogP contribution in [-0.2, 0) is 9.59 Å². The van der Waals surface area contributed by atoms with Crippen molar-refractivity contribution in [2.45, 2.75) is 31.6 Å². The summed E-state index contributed by atoms with van der Waals surface area (Å²) in [6, 6.07) is 6.42. The number of hydrogen-bond acceptors (Lipinski definition) is 3. The molecule has 3 atom stereocenters. The van der Waals surface area contributed by atoms with Crippen LogP contribution in [0.4, 0.5) is 4.39 Å². The van der Waals surface area contributed by atoms with Crippen molar-refractivity contribution in [2.24, 2.45) is 17.6 Å². The molecule has 0 aromatic heterocycles. The molecule has 1 aromatic carbocycles. The summed E-state index contributed by atoms with van der Waals surface area (Å²) in [6.45, 7) is 3.24.